The number of amides is 2. The number of carbonyl (C=O) groups excluding carboxylic acids is 2. The van der Waals surface area contributed by atoms with E-state index < -0.39 is 0 Å². The maximum absolute atomic E-state index is 12.5. The van der Waals surface area contributed by atoms with E-state index in [4.69, 9.17) is 12.2 Å². The van der Waals surface area contributed by atoms with Gasteiger partial charge in [0, 0.05) is 45.6 Å². The lowest BCUT2D eigenvalue weighted by atomic mass is 10.0. The summed E-state index contributed by atoms with van der Waals surface area (Å²) in [5.41, 5.74) is 0. The number of hydrogen-bond acceptors (Lipinski definition) is 6. The van der Waals surface area contributed by atoms with E-state index in [-0.39, 0.29) is 5.91 Å². The molecule has 0 aromatic carbocycles. The molecule has 3 aliphatic rings. The Labute approximate surface area is 175 Å². The Morgan fingerprint density at radius 3 is 2.43 bits per heavy atom. The molecule has 1 saturated heterocycles. The molecule has 0 N–H and O–H groups in total. The summed E-state index contributed by atoms with van der Waals surface area (Å²) < 4.78 is 2.52. The lowest BCUT2D eigenvalue weighted by molar-refractivity contribution is -0.134. The Morgan fingerprint density at radius 2 is 1.82 bits per heavy atom. The van der Waals surface area contributed by atoms with Gasteiger partial charge in [-0.15, -0.1) is 5.10 Å². The number of nitrogens with zero attached hydrogens (tertiary/aromatic N) is 5. The van der Waals surface area contributed by atoms with E-state index in [2.05, 4.69) is 10.00 Å². The molecule has 2 amide bonds. The average molecular weight is 424 g/mol. The van der Waals surface area contributed by atoms with Gasteiger partial charge < -0.3 is 4.90 Å². The van der Waals surface area contributed by atoms with Crippen molar-refractivity contribution in [1.82, 2.24) is 19.6 Å². The summed E-state index contributed by atoms with van der Waals surface area (Å²) in [4.78, 5) is 30.6. The van der Waals surface area contributed by atoms with Gasteiger partial charge in [0.1, 0.15) is 0 Å². The third kappa shape index (κ3) is 4.63. The van der Waals surface area contributed by atoms with E-state index in [9.17, 15) is 9.59 Å². The molecule has 154 valence electrons. The second kappa shape index (κ2) is 8.59. The van der Waals surface area contributed by atoms with Gasteiger partial charge in [0.15, 0.2) is 3.95 Å². The second-order valence-electron chi connectivity index (χ2n) is 8.27. The van der Waals surface area contributed by atoms with Crippen LogP contribution in [0.15, 0.2) is 0 Å². The molecule has 1 aromatic rings. The van der Waals surface area contributed by atoms with Crippen LogP contribution in [-0.2, 0) is 16.3 Å². The van der Waals surface area contributed by atoms with Gasteiger partial charge >= 0.3 is 0 Å². The first-order chi connectivity index (χ1) is 13.5. The van der Waals surface area contributed by atoms with E-state index in [0.717, 1.165) is 45.4 Å². The first-order valence-electron chi connectivity index (χ1n) is 10.4. The lowest BCUT2D eigenvalue weighted by Crippen LogP contribution is -2.49. The normalized spacial score (nSPS) is 21.2. The molecule has 0 unspecified atom stereocenters. The zero-order valence-corrected chi connectivity index (χ0v) is 18.1. The maximum atomic E-state index is 12.5. The number of piperazine rings is 1. The average Bonchev–Trinajstić information content (AvgIpc) is 3.23. The summed E-state index contributed by atoms with van der Waals surface area (Å²) in [5, 5.41) is 5.34. The van der Waals surface area contributed by atoms with Crippen molar-refractivity contribution in [2.75, 3.05) is 31.1 Å². The number of hydrogen-bond donors (Lipinski definition) is 0. The fourth-order valence-corrected chi connectivity index (χ4v) is 5.48. The fourth-order valence-electron chi connectivity index (χ4n) is 4.28. The second-order valence-corrected chi connectivity index (χ2v) is 9.87. The van der Waals surface area contributed by atoms with E-state index >= 15 is 0 Å². The SMILES string of the molecule is CC(=O)N(c1nn(CN2CCN(C(=O)CC3CCCC3)CC2)c(=S)s1)C1CC1. The van der Waals surface area contributed by atoms with Gasteiger partial charge in [-0.3, -0.25) is 19.4 Å². The van der Waals surface area contributed by atoms with E-state index in [1.165, 1.54) is 37.0 Å². The summed E-state index contributed by atoms with van der Waals surface area (Å²) in [6.45, 7) is 5.44. The highest BCUT2D eigenvalue weighted by Gasteiger charge is 2.34. The van der Waals surface area contributed by atoms with E-state index in [0.29, 0.717) is 33.6 Å². The van der Waals surface area contributed by atoms with Crippen molar-refractivity contribution in [2.45, 2.75) is 64.6 Å². The van der Waals surface area contributed by atoms with Crippen molar-refractivity contribution < 1.29 is 9.59 Å². The van der Waals surface area contributed by atoms with Crippen LogP contribution in [0.5, 0.6) is 0 Å². The third-order valence-corrected chi connectivity index (χ3v) is 7.36. The smallest absolute Gasteiger partial charge is 0.225 e. The Bertz CT molecular complexity index is 774. The maximum Gasteiger partial charge on any atom is 0.225 e. The molecule has 1 aromatic heterocycles. The number of aromatic nitrogens is 2. The van der Waals surface area contributed by atoms with Crippen molar-refractivity contribution in [3.05, 3.63) is 3.95 Å². The van der Waals surface area contributed by atoms with Crippen LogP contribution in [-0.4, -0.2) is 63.6 Å². The summed E-state index contributed by atoms with van der Waals surface area (Å²) in [6.07, 6.45) is 7.81. The quantitative estimate of drug-likeness (QED) is 0.659. The molecule has 7 nitrogen and oxygen atoms in total. The molecule has 2 saturated carbocycles. The first-order valence-corrected chi connectivity index (χ1v) is 11.6. The number of carbonyl (C=O) groups is 2. The Morgan fingerprint density at radius 1 is 1.14 bits per heavy atom. The minimum atomic E-state index is 0.0350. The molecule has 2 aliphatic carbocycles. The van der Waals surface area contributed by atoms with Crippen LogP contribution < -0.4 is 4.90 Å². The number of anilines is 1. The molecule has 3 fully saturated rings. The van der Waals surface area contributed by atoms with Gasteiger partial charge in [-0.05, 0) is 43.8 Å². The topological polar surface area (TPSA) is 61.7 Å². The molecular weight excluding hydrogens is 394 g/mol. The Balaban J connectivity index is 1.30. The lowest BCUT2D eigenvalue weighted by Gasteiger charge is -2.35. The van der Waals surface area contributed by atoms with Gasteiger partial charge in [0.25, 0.3) is 0 Å². The summed E-state index contributed by atoms with van der Waals surface area (Å²) in [5.74, 6) is 0.960. The highest BCUT2D eigenvalue weighted by atomic mass is 32.1. The zero-order valence-electron chi connectivity index (χ0n) is 16.5. The molecule has 9 heteroatoms. The monoisotopic (exact) mass is 423 g/mol. The van der Waals surface area contributed by atoms with Crippen molar-refractivity contribution >= 4 is 40.5 Å². The molecule has 2 heterocycles. The third-order valence-electron chi connectivity index (χ3n) is 6.05. The van der Waals surface area contributed by atoms with Gasteiger partial charge in [-0.2, -0.15) is 0 Å². The van der Waals surface area contributed by atoms with Crippen molar-refractivity contribution in [1.29, 1.82) is 0 Å². The Kier molecular flexibility index (Phi) is 6.13. The Hall–Kier alpha value is -1.32. The van der Waals surface area contributed by atoms with Crippen LogP contribution in [0.3, 0.4) is 0 Å². The highest BCUT2D eigenvalue weighted by molar-refractivity contribution is 7.73. The standard InChI is InChI=1S/C19H29N5O2S2/c1-14(25)24(16-6-7-16)18-20-23(19(27)28-18)13-21-8-10-22(11-9-21)17(26)12-15-4-2-3-5-15/h15-16H,2-13H2,1H3. The van der Waals surface area contributed by atoms with Crippen LogP contribution in [0.25, 0.3) is 0 Å². The molecule has 28 heavy (non-hydrogen) atoms. The molecule has 0 radical (unpaired) electrons. The van der Waals surface area contributed by atoms with Crippen molar-refractivity contribution in [2.24, 2.45) is 5.92 Å². The van der Waals surface area contributed by atoms with Gasteiger partial charge in [0.2, 0.25) is 16.9 Å². The summed E-state index contributed by atoms with van der Waals surface area (Å²) >= 11 is 6.90. The minimum absolute atomic E-state index is 0.0350. The van der Waals surface area contributed by atoms with Crippen LogP contribution in [0, 0.1) is 9.87 Å². The van der Waals surface area contributed by atoms with E-state index in [1.807, 2.05) is 9.58 Å². The first kappa shape index (κ1) is 20.0. The van der Waals surface area contributed by atoms with Crippen molar-refractivity contribution in [3.63, 3.8) is 0 Å². The van der Waals surface area contributed by atoms with Crippen LogP contribution in [0.4, 0.5) is 5.13 Å². The fraction of sp³-hybridized carbons (Fsp3) is 0.789. The molecule has 1 aliphatic heterocycles. The molecule has 0 spiro atoms. The minimum Gasteiger partial charge on any atom is -0.340 e. The molecule has 0 atom stereocenters. The molecule has 4 rings (SSSR count). The van der Waals surface area contributed by atoms with Crippen molar-refractivity contribution in [3.8, 4) is 0 Å². The predicted octanol–water partition coefficient (Wildman–Crippen LogP) is 2.87. The largest absolute Gasteiger partial charge is 0.340 e. The van der Waals surface area contributed by atoms with Gasteiger partial charge in [-0.1, -0.05) is 24.2 Å². The van der Waals surface area contributed by atoms with Gasteiger partial charge in [-0.25, -0.2) is 4.68 Å². The van der Waals surface area contributed by atoms with Crippen LogP contribution in [0.2, 0.25) is 0 Å². The number of rotatable bonds is 6. The molecular formula is C19H29N5O2S2. The van der Waals surface area contributed by atoms with Crippen LogP contribution in [0.1, 0.15) is 51.9 Å². The highest BCUT2D eigenvalue weighted by Crippen LogP contribution is 2.33. The van der Waals surface area contributed by atoms with Gasteiger partial charge in [0.05, 0.1) is 6.67 Å². The van der Waals surface area contributed by atoms with Crippen LogP contribution >= 0.6 is 23.6 Å². The zero-order chi connectivity index (χ0) is 19.7. The predicted molar refractivity (Wildman–Crippen MR) is 112 cm³/mol. The molecule has 0 bridgehead atoms. The van der Waals surface area contributed by atoms with E-state index in [1.54, 1.807) is 11.8 Å². The summed E-state index contributed by atoms with van der Waals surface area (Å²) in [7, 11) is 0. The summed E-state index contributed by atoms with van der Waals surface area (Å²) in [6, 6.07) is 0.293.